The van der Waals surface area contributed by atoms with Crippen LogP contribution in [0.3, 0.4) is 0 Å². The van der Waals surface area contributed by atoms with E-state index in [9.17, 15) is 24.3 Å². The van der Waals surface area contributed by atoms with Crippen LogP contribution in [-0.2, 0) is 31.4 Å². The van der Waals surface area contributed by atoms with Gasteiger partial charge in [0.15, 0.2) is 17.3 Å². The topological polar surface area (TPSA) is 193 Å². The van der Waals surface area contributed by atoms with Gasteiger partial charge in [0.2, 0.25) is 0 Å². The highest BCUT2D eigenvalue weighted by molar-refractivity contribution is 9.08. The average molecular weight is 1350 g/mol. The van der Waals surface area contributed by atoms with E-state index in [0.29, 0.717) is 29.6 Å². The van der Waals surface area contributed by atoms with Gasteiger partial charge in [-0.2, -0.15) is 0 Å². The molecule has 92 heavy (non-hydrogen) atoms. The second kappa shape index (κ2) is 40.6. The predicted octanol–water partition coefficient (Wildman–Crippen LogP) is 9.40. The van der Waals surface area contributed by atoms with E-state index in [1.807, 2.05) is 67.6 Å². The van der Waals surface area contributed by atoms with Crippen LogP contribution in [0.4, 0.5) is 0 Å². The number of piperazine rings is 4. The van der Waals surface area contributed by atoms with Crippen molar-refractivity contribution in [1.29, 1.82) is 0 Å². The van der Waals surface area contributed by atoms with E-state index < -0.39 is 5.97 Å². The lowest BCUT2D eigenvalue weighted by molar-refractivity contribution is 0.0692. The standard InChI is InChI=1S/C25H29N3O2S.C15H22N2O2.C14H20N2O3.C10H11BrO2.C5H12N2.C2H6O/c1-18-26-24(17-31-18)20-6-4-19(5-7-20)14-25(29)23-9-8-22(30-3)15-21(23)16-28-12-10-27(2)11-13-28;1-12(18)15-5-4-14(19-3)10-13(15)11-17-8-6-16(2)7-9-17;1-15-5-7-16(8-6-15)10-11-9-12(19-2)3-4-13(11)14(17)18;1-7(12)10-4-3-9(13-2)5-8(10)6-11;1-7-4-2-6-3-5-7;1-2-3/h4-9,15,17H,10-14,16H2,1-3H3;4-5,10H,6-9,11H2,1-3H3;3-4,9H,5-8,10H2,1-2H3,(H,17,18);3-5H,6H2,1-2H3;6H,2-5H2,1H3;3H,2H2,1H3. The number of carboxylic acids is 1. The summed E-state index contributed by atoms with van der Waals surface area (Å²) in [5.41, 5.74) is 9.69. The van der Waals surface area contributed by atoms with Gasteiger partial charge in [0, 0.05) is 170 Å². The minimum atomic E-state index is -0.883. The van der Waals surface area contributed by atoms with E-state index in [1.165, 1.54) is 13.1 Å². The van der Waals surface area contributed by atoms with Crippen molar-refractivity contribution in [1.82, 2.24) is 44.6 Å². The van der Waals surface area contributed by atoms with Crippen LogP contribution in [0.5, 0.6) is 23.0 Å². The van der Waals surface area contributed by atoms with E-state index in [-0.39, 0.29) is 24.0 Å². The summed E-state index contributed by atoms with van der Waals surface area (Å²) in [5, 5.41) is 23.9. The van der Waals surface area contributed by atoms with Gasteiger partial charge < -0.3 is 54.1 Å². The van der Waals surface area contributed by atoms with Gasteiger partial charge in [0.25, 0.3) is 0 Å². The first-order valence-corrected chi connectivity index (χ1v) is 33.5. The number of aromatic carboxylic acids is 1. The number of nitrogens with one attached hydrogen (secondary N) is 1. The van der Waals surface area contributed by atoms with Crippen LogP contribution in [0.25, 0.3) is 11.3 Å². The zero-order valence-electron chi connectivity index (χ0n) is 56.4. The number of carbonyl (C=O) groups excluding carboxylic acids is 3. The molecule has 0 atom stereocenters. The molecule has 5 heterocycles. The van der Waals surface area contributed by atoms with Crippen LogP contribution in [0.15, 0.2) is 102 Å². The molecule has 0 unspecified atom stereocenters. The Balaban J connectivity index is 0.000000220. The predicted molar refractivity (Wildman–Crippen MR) is 373 cm³/mol. The molecular formula is C71H100BrN9O10S. The molecule has 4 aliphatic heterocycles. The van der Waals surface area contributed by atoms with Gasteiger partial charge in [-0.1, -0.05) is 40.2 Å². The first kappa shape index (κ1) is 76.2. The lowest BCUT2D eigenvalue weighted by atomic mass is 9.97. The summed E-state index contributed by atoms with van der Waals surface area (Å²) >= 11 is 4.98. The third-order valence-corrected chi connectivity index (χ3v) is 17.6. The van der Waals surface area contributed by atoms with Crippen molar-refractivity contribution in [2.75, 3.05) is 168 Å². The van der Waals surface area contributed by atoms with E-state index in [4.69, 9.17) is 24.1 Å². The minimum Gasteiger partial charge on any atom is -0.497 e. The van der Waals surface area contributed by atoms with Crippen molar-refractivity contribution in [3.05, 3.63) is 158 Å². The number of benzene rings is 5. The van der Waals surface area contributed by atoms with Crippen molar-refractivity contribution < 1.29 is 48.3 Å². The molecule has 4 aliphatic rings. The number of alkyl halides is 1. The van der Waals surface area contributed by atoms with Crippen LogP contribution in [0.2, 0.25) is 0 Å². The van der Waals surface area contributed by atoms with Gasteiger partial charge in [-0.25, -0.2) is 9.78 Å². The van der Waals surface area contributed by atoms with E-state index in [0.717, 1.165) is 183 Å². The van der Waals surface area contributed by atoms with Gasteiger partial charge in [-0.3, -0.25) is 29.1 Å². The maximum atomic E-state index is 13.2. The number of methoxy groups -OCH3 is 4. The first-order valence-electron chi connectivity index (χ1n) is 31.5. The van der Waals surface area contributed by atoms with Crippen LogP contribution in [0, 0.1) is 6.92 Å². The van der Waals surface area contributed by atoms with Crippen molar-refractivity contribution in [3.8, 4) is 34.3 Å². The number of aliphatic hydroxyl groups is 1. The van der Waals surface area contributed by atoms with Gasteiger partial charge in [-0.15, -0.1) is 11.3 Å². The Kier molecular flexibility index (Phi) is 33.6. The normalized spacial score (nSPS) is 15.8. The van der Waals surface area contributed by atoms with E-state index in [1.54, 1.807) is 84.8 Å². The highest BCUT2D eigenvalue weighted by Crippen LogP contribution is 2.27. The fourth-order valence-electron chi connectivity index (χ4n) is 10.5. The molecular weight excluding hydrogens is 1250 g/mol. The molecule has 0 radical (unpaired) electrons. The fourth-order valence-corrected chi connectivity index (χ4v) is 11.6. The summed E-state index contributed by atoms with van der Waals surface area (Å²) in [7, 11) is 15.1. The number of likely N-dealkylation sites (N-methyl/N-ethyl adjacent to an activating group) is 4. The molecule has 4 fully saturated rings. The number of carbonyl (C=O) groups is 4. The molecule has 1 aromatic heterocycles. The largest absolute Gasteiger partial charge is 0.497 e. The van der Waals surface area contributed by atoms with Crippen LogP contribution >= 0.6 is 27.3 Å². The molecule has 10 rings (SSSR count). The number of Topliss-reactive ketones (excluding diaryl/α,β-unsaturated/α-hetero) is 3. The molecule has 4 saturated heterocycles. The van der Waals surface area contributed by atoms with Crippen molar-refractivity contribution in [3.63, 3.8) is 0 Å². The second-order valence-electron chi connectivity index (χ2n) is 23.3. The molecule has 0 aliphatic carbocycles. The number of aliphatic hydroxyl groups excluding tert-OH is 1. The third kappa shape index (κ3) is 25.8. The van der Waals surface area contributed by atoms with Crippen LogP contribution in [0.1, 0.15) is 95.0 Å². The monoisotopic (exact) mass is 1350 g/mol. The molecule has 0 spiro atoms. The number of aromatic nitrogens is 1. The highest BCUT2D eigenvalue weighted by atomic mass is 79.9. The molecule has 21 heteroatoms. The number of ketones is 3. The molecule has 3 N–H and O–H groups in total. The number of halogens is 1. The van der Waals surface area contributed by atoms with Gasteiger partial charge in [0.1, 0.15) is 23.0 Å². The smallest absolute Gasteiger partial charge is 0.336 e. The maximum Gasteiger partial charge on any atom is 0.336 e. The number of thiazole rings is 1. The molecule has 5 aromatic carbocycles. The quantitative estimate of drug-likeness (QED) is 0.0544. The zero-order chi connectivity index (χ0) is 67.1. The van der Waals surface area contributed by atoms with Gasteiger partial charge >= 0.3 is 5.97 Å². The Morgan fingerprint density at radius 2 is 0.870 bits per heavy atom. The molecule has 0 bridgehead atoms. The van der Waals surface area contributed by atoms with Crippen LogP contribution < -0.4 is 24.3 Å². The first-order chi connectivity index (χ1) is 44.2. The summed E-state index contributed by atoms with van der Waals surface area (Å²) in [6.45, 7) is 26.5. The summed E-state index contributed by atoms with van der Waals surface area (Å²) in [6.07, 6.45) is 0.387. The number of nitrogens with zero attached hydrogens (tertiary/aromatic N) is 8. The van der Waals surface area contributed by atoms with E-state index >= 15 is 0 Å². The molecule has 19 nitrogen and oxygen atoms in total. The summed E-state index contributed by atoms with van der Waals surface area (Å²) in [4.78, 5) is 68.2. The molecule has 0 saturated carbocycles. The number of aryl methyl sites for hydroxylation is 1. The Morgan fingerprint density at radius 1 is 0.522 bits per heavy atom. The Labute approximate surface area is 559 Å². The maximum absolute atomic E-state index is 13.2. The number of hydrogen-bond donors (Lipinski definition) is 3. The number of hydrogen-bond acceptors (Lipinski definition) is 19. The summed E-state index contributed by atoms with van der Waals surface area (Å²) in [5.74, 6) is 2.55. The van der Waals surface area contributed by atoms with Crippen molar-refractivity contribution >= 4 is 50.6 Å². The van der Waals surface area contributed by atoms with Crippen molar-refractivity contribution in [2.45, 2.75) is 59.1 Å². The zero-order valence-corrected chi connectivity index (χ0v) is 58.8. The number of rotatable bonds is 18. The van der Waals surface area contributed by atoms with Gasteiger partial charge in [0.05, 0.1) is 44.7 Å². The highest BCUT2D eigenvalue weighted by Gasteiger charge is 2.22. The molecule has 502 valence electrons. The fraction of sp³-hybridized carbons (Fsp3) is 0.479. The Hall–Kier alpha value is -6.47. The summed E-state index contributed by atoms with van der Waals surface area (Å²) in [6, 6.07) is 30.3. The van der Waals surface area contributed by atoms with Crippen LogP contribution in [-0.4, -0.2) is 241 Å². The lowest BCUT2D eigenvalue weighted by Crippen LogP contribution is -2.44. The number of ether oxygens (including phenoxy) is 4. The number of carboxylic acid groups (broad SMARTS) is 1. The third-order valence-electron chi connectivity index (χ3n) is 16.2. The molecule has 6 aromatic rings. The average Bonchev–Trinajstić information content (AvgIpc) is 1.09. The van der Waals surface area contributed by atoms with E-state index in [2.05, 4.69) is 106 Å². The van der Waals surface area contributed by atoms with Crippen molar-refractivity contribution in [2.24, 2.45) is 0 Å². The lowest BCUT2D eigenvalue weighted by Gasteiger charge is -2.32. The second-order valence-corrected chi connectivity index (χ2v) is 24.9. The van der Waals surface area contributed by atoms with Gasteiger partial charge in [-0.05, 0) is 156 Å². The molecule has 0 amide bonds. The Morgan fingerprint density at radius 3 is 1.21 bits per heavy atom. The minimum absolute atomic E-state index is 0.0807. The Bertz CT molecular complexity index is 3130. The summed E-state index contributed by atoms with van der Waals surface area (Å²) < 4.78 is 20.9. The SMILES string of the molecule is CCO.CN1CCNCC1.COc1ccc(C(=O)Cc2ccc(-c3csc(C)n3)cc2)c(CN2CCN(C)CC2)c1.COc1ccc(C(=O)O)c(CN2CCN(C)CC2)c1.COc1ccc(C(C)=O)c(CBr)c1.COc1ccc(C(C)=O)c(CN2CCN(C)CC2)c1.